The number of nitrogens with two attached hydrogens (primary N) is 1. The number of anilines is 1. The van der Waals surface area contributed by atoms with Gasteiger partial charge < -0.3 is 11.1 Å². The summed E-state index contributed by atoms with van der Waals surface area (Å²) in [6, 6.07) is 3.72. The van der Waals surface area contributed by atoms with Crippen LogP contribution >= 0.6 is 0 Å². The average Bonchev–Trinajstić information content (AvgIpc) is 2.38. The highest BCUT2D eigenvalue weighted by Crippen LogP contribution is 2.22. The Morgan fingerprint density at radius 2 is 2.16 bits per heavy atom. The van der Waals surface area contributed by atoms with Crippen LogP contribution in [-0.4, -0.2) is 16.9 Å². The first-order valence-corrected chi connectivity index (χ1v) is 6.18. The number of carbonyl (C=O) groups is 1. The summed E-state index contributed by atoms with van der Waals surface area (Å²) in [6.45, 7) is 5.62. The second kappa shape index (κ2) is 6.29. The lowest BCUT2D eigenvalue weighted by Gasteiger charge is -2.18. The quantitative estimate of drug-likeness (QED) is 0.630. The molecule has 1 aromatic rings. The van der Waals surface area contributed by atoms with Gasteiger partial charge in [-0.05, 0) is 18.4 Å². The monoisotopic (exact) mass is 265 g/mol. The number of benzene rings is 1. The summed E-state index contributed by atoms with van der Waals surface area (Å²) in [7, 11) is 0. The van der Waals surface area contributed by atoms with Gasteiger partial charge >= 0.3 is 0 Å². The van der Waals surface area contributed by atoms with Gasteiger partial charge in [-0.2, -0.15) is 0 Å². The lowest BCUT2D eigenvalue weighted by Crippen LogP contribution is -2.40. The molecule has 0 spiro atoms. The third-order valence-corrected chi connectivity index (χ3v) is 3.25. The normalized spacial score (nSPS) is 13.7. The van der Waals surface area contributed by atoms with Crippen molar-refractivity contribution in [1.82, 2.24) is 0 Å². The lowest BCUT2D eigenvalue weighted by atomic mass is 9.99. The second-order valence-corrected chi connectivity index (χ2v) is 4.66. The Morgan fingerprint density at radius 1 is 1.53 bits per heavy atom. The van der Waals surface area contributed by atoms with Gasteiger partial charge in [-0.25, -0.2) is 0 Å². The van der Waals surface area contributed by atoms with Gasteiger partial charge in [-0.3, -0.25) is 14.9 Å². The van der Waals surface area contributed by atoms with E-state index in [2.05, 4.69) is 5.32 Å². The van der Waals surface area contributed by atoms with Crippen LogP contribution in [0.15, 0.2) is 18.2 Å². The van der Waals surface area contributed by atoms with Crippen molar-refractivity contribution in [3.8, 4) is 0 Å². The topological polar surface area (TPSA) is 98.3 Å². The number of non-ortho nitro benzene ring substituents is 1. The van der Waals surface area contributed by atoms with Crippen molar-refractivity contribution in [1.29, 1.82) is 0 Å². The first-order valence-electron chi connectivity index (χ1n) is 6.18. The molecule has 19 heavy (non-hydrogen) atoms. The molecule has 0 aliphatic rings. The van der Waals surface area contributed by atoms with E-state index in [1.807, 2.05) is 13.8 Å². The third-order valence-electron chi connectivity index (χ3n) is 3.25. The van der Waals surface area contributed by atoms with Crippen LogP contribution in [-0.2, 0) is 4.79 Å². The molecule has 0 aliphatic heterocycles. The Balaban J connectivity index is 2.90. The highest BCUT2D eigenvalue weighted by molar-refractivity contribution is 5.95. The van der Waals surface area contributed by atoms with E-state index in [0.717, 1.165) is 12.0 Å². The van der Waals surface area contributed by atoms with Crippen LogP contribution in [0.3, 0.4) is 0 Å². The highest BCUT2D eigenvalue weighted by atomic mass is 16.6. The van der Waals surface area contributed by atoms with E-state index in [4.69, 9.17) is 5.73 Å². The fraction of sp³-hybridized carbons (Fsp3) is 0.462. The van der Waals surface area contributed by atoms with Gasteiger partial charge in [-0.1, -0.05) is 26.3 Å². The SMILES string of the molecule is CCC(C)C(N)C(=O)Nc1cc([N+](=O)[O-])ccc1C. The molecule has 1 amide bonds. The Bertz CT molecular complexity index is 488. The summed E-state index contributed by atoms with van der Waals surface area (Å²) in [5, 5.41) is 13.4. The van der Waals surface area contributed by atoms with Crippen molar-refractivity contribution < 1.29 is 9.72 Å². The molecule has 2 unspecified atom stereocenters. The van der Waals surface area contributed by atoms with Crippen LogP contribution in [0, 0.1) is 23.0 Å². The molecule has 0 radical (unpaired) electrons. The van der Waals surface area contributed by atoms with Crippen LogP contribution in [0.2, 0.25) is 0 Å². The van der Waals surface area contributed by atoms with E-state index in [1.54, 1.807) is 13.0 Å². The van der Waals surface area contributed by atoms with E-state index >= 15 is 0 Å². The van der Waals surface area contributed by atoms with Crippen molar-refractivity contribution in [3.05, 3.63) is 33.9 Å². The van der Waals surface area contributed by atoms with Crippen molar-refractivity contribution >= 4 is 17.3 Å². The maximum absolute atomic E-state index is 11.9. The maximum atomic E-state index is 11.9. The molecule has 1 aromatic carbocycles. The molecule has 1 rings (SSSR count). The highest BCUT2D eigenvalue weighted by Gasteiger charge is 2.20. The smallest absolute Gasteiger partial charge is 0.271 e. The minimum atomic E-state index is -0.622. The Morgan fingerprint density at radius 3 is 2.68 bits per heavy atom. The van der Waals surface area contributed by atoms with Gasteiger partial charge in [0.15, 0.2) is 0 Å². The first-order chi connectivity index (χ1) is 8.86. The van der Waals surface area contributed by atoms with Crippen LogP contribution in [0.5, 0.6) is 0 Å². The molecule has 0 saturated heterocycles. The molecule has 0 aromatic heterocycles. The molecule has 3 N–H and O–H groups in total. The summed E-state index contributed by atoms with van der Waals surface area (Å²) in [6.07, 6.45) is 0.794. The first kappa shape index (κ1) is 15.1. The molecule has 6 nitrogen and oxygen atoms in total. The Hall–Kier alpha value is -1.95. The third kappa shape index (κ3) is 3.75. The number of nitrogens with one attached hydrogen (secondary N) is 1. The molecule has 0 fully saturated rings. The van der Waals surface area contributed by atoms with E-state index in [0.29, 0.717) is 5.69 Å². The molecule has 0 aliphatic carbocycles. The standard InChI is InChI=1S/C13H19N3O3/c1-4-8(2)12(14)13(17)15-11-7-10(16(18)19)6-5-9(11)3/h5-8,12H,4,14H2,1-3H3,(H,15,17). The maximum Gasteiger partial charge on any atom is 0.271 e. The van der Waals surface area contributed by atoms with Crippen molar-refractivity contribution in [2.45, 2.75) is 33.2 Å². The number of aryl methyl sites for hydroxylation is 1. The molecule has 0 heterocycles. The molecular weight excluding hydrogens is 246 g/mol. The molecule has 104 valence electrons. The zero-order valence-corrected chi connectivity index (χ0v) is 11.3. The largest absolute Gasteiger partial charge is 0.324 e. The number of hydrogen-bond donors (Lipinski definition) is 2. The van der Waals surface area contributed by atoms with Crippen LogP contribution < -0.4 is 11.1 Å². The fourth-order valence-electron chi connectivity index (χ4n) is 1.59. The number of amides is 1. The zero-order valence-electron chi connectivity index (χ0n) is 11.3. The van der Waals surface area contributed by atoms with Gasteiger partial charge in [0, 0.05) is 12.1 Å². The van der Waals surface area contributed by atoms with Crippen molar-refractivity contribution in [2.75, 3.05) is 5.32 Å². The number of hydrogen-bond acceptors (Lipinski definition) is 4. The summed E-state index contributed by atoms with van der Waals surface area (Å²) in [5.41, 5.74) is 6.95. The predicted molar refractivity (Wildman–Crippen MR) is 73.9 cm³/mol. The lowest BCUT2D eigenvalue weighted by molar-refractivity contribution is -0.384. The Kier molecular flexibility index (Phi) is 5.00. The summed E-state index contributed by atoms with van der Waals surface area (Å²) >= 11 is 0. The number of rotatable bonds is 5. The van der Waals surface area contributed by atoms with Crippen molar-refractivity contribution in [3.63, 3.8) is 0 Å². The molecular formula is C13H19N3O3. The van der Waals surface area contributed by atoms with Crippen LogP contribution in [0.25, 0.3) is 0 Å². The molecule has 2 atom stereocenters. The summed E-state index contributed by atoms with van der Waals surface area (Å²) < 4.78 is 0. The molecule has 0 bridgehead atoms. The minimum Gasteiger partial charge on any atom is -0.324 e. The van der Waals surface area contributed by atoms with Gasteiger partial charge in [0.1, 0.15) is 0 Å². The van der Waals surface area contributed by atoms with E-state index in [1.165, 1.54) is 12.1 Å². The van der Waals surface area contributed by atoms with E-state index in [9.17, 15) is 14.9 Å². The fourth-order valence-corrected chi connectivity index (χ4v) is 1.59. The summed E-state index contributed by atoms with van der Waals surface area (Å²) in [5.74, 6) is -0.267. The number of nitrogens with zero attached hydrogens (tertiary/aromatic N) is 1. The van der Waals surface area contributed by atoms with Gasteiger partial charge in [0.2, 0.25) is 5.91 Å². The van der Waals surface area contributed by atoms with Crippen LogP contribution in [0.1, 0.15) is 25.8 Å². The average molecular weight is 265 g/mol. The van der Waals surface area contributed by atoms with Gasteiger partial charge in [-0.15, -0.1) is 0 Å². The van der Waals surface area contributed by atoms with E-state index in [-0.39, 0.29) is 17.5 Å². The zero-order chi connectivity index (χ0) is 14.6. The molecule has 0 saturated carbocycles. The van der Waals surface area contributed by atoms with Crippen molar-refractivity contribution in [2.24, 2.45) is 11.7 Å². The predicted octanol–water partition coefficient (Wildman–Crippen LogP) is 2.22. The molecule has 6 heteroatoms. The number of nitro benzene ring substituents is 1. The van der Waals surface area contributed by atoms with Gasteiger partial charge in [0.25, 0.3) is 5.69 Å². The van der Waals surface area contributed by atoms with E-state index < -0.39 is 11.0 Å². The second-order valence-electron chi connectivity index (χ2n) is 4.66. The Labute approximate surface area is 112 Å². The summed E-state index contributed by atoms with van der Waals surface area (Å²) in [4.78, 5) is 22.2. The van der Waals surface area contributed by atoms with Gasteiger partial charge in [0.05, 0.1) is 16.7 Å². The minimum absolute atomic E-state index is 0.0546. The number of carbonyl (C=O) groups excluding carboxylic acids is 1. The number of nitro groups is 1. The van der Waals surface area contributed by atoms with Crippen LogP contribution in [0.4, 0.5) is 11.4 Å².